The fourth-order valence-corrected chi connectivity index (χ4v) is 4.61. The van der Waals surface area contributed by atoms with Crippen molar-refractivity contribution in [1.82, 2.24) is 14.9 Å². The highest BCUT2D eigenvalue weighted by molar-refractivity contribution is 5.67. The van der Waals surface area contributed by atoms with E-state index in [1.54, 1.807) is 6.20 Å². The van der Waals surface area contributed by atoms with E-state index in [9.17, 15) is 5.26 Å². The number of nitrogens with one attached hydrogen (secondary N) is 1. The lowest BCUT2D eigenvalue weighted by Crippen LogP contribution is -2.39. The van der Waals surface area contributed by atoms with Gasteiger partial charge in [0.2, 0.25) is 0 Å². The maximum Gasteiger partial charge on any atom is 0.147 e. The van der Waals surface area contributed by atoms with Gasteiger partial charge in [-0.15, -0.1) is 0 Å². The molecule has 33 heavy (non-hydrogen) atoms. The second kappa shape index (κ2) is 9.99. The van der Waals surface area contributed by atoms with Gasteiger partial charge in [-0.3, -0.25) is 9.88 Å². The Kier molecular flexibility index (Phi) is 6.47. The van der Waals surface area contributed by atoms with Crippen LogP contribution < -0.4 is 10.2 Å². The topological polar surface area (TPSA) is 77.3 Å². The molecule has 0 atom stereocenters. The Morgan fingerprint density at radius 2 is 1.82 bits per heavy atom. The van der Waals surface area contributed by atoms with Crippen LogP contribution in [0.5, 0.6) is 0 Å². The van der Waals surface area contributed by atoms with E-state index in [-0.39, 0.29) is 0 Å². The lowest BCUT2D eigenvalue weighted by Gasteiger charge is -2.35. The quantitative estimate of drug-likeness (QED) is 0.630. The first-order valence-corrected chi connectivity index (χ1v) is 11.5. The highest BCUT2D eigenvalue weighted by Gasteiger charge is 2.28. The molecule has 2 aliphatic heterocycles. The smallest absolute Gasteiger partial charge is 0.147 e. The molecular formula is C26H28N6O. The summed E-state index contributed by atoms with van der Waals surface area (Å²) in [4.78, 5) is 14.2. The number of morpholine rings is 1. The standard InChI is InChI=1S/C26H28N6O/c27-16-23-22-9-11-31(18-20-6-2-1-3-7-20)19-24(22)26(32-12-14-33-15-13-32)30-25(23)29-17-21-8-4-5-10-28-21/h1-8,10H,9,11-15,17-19H2,(H,29,30). The summed E-state index contributed by atoms with van der Waals surface area (Å²) < 4.78 is 5.59. The molecule has 5 rings (SSSR count). The van der Waals surface area contributed by atoms with Crippen molar-refractivity contribution >= 4 is 11.6 Å². The van der Waals surface area contributed by atoms with E-state index in [0.29, 0.717) is 31.1 Å². The third-order valence-electron chi connectivity index (χ3n) is 6.28. The predicted molar refractivity (Wildman–Crippen MR) is 128 cm³/mol. The Morgan fingerprint density at radius 3 is 2.58 bits per heavy atom. The summed E-state index contributed by atoms with van der Waals surface area (Å²) in [5, 5.41) is 13.5. The molecule has 0 bridgehead atoms. The molecule has 7 heteroatoms. The second-order valence-electron chi connectivity index (χ2n) is 8.45. The number of aromatic nitrogens is 2. The number of hydrogen-bond donors (Lipinski definition) is 1. The molecule has 7 nitrogen and oxygen atoms in total. The third-order valence-corrected chi connectivity index (χ3v) is 6.28. The molecule has 2 aliphatic rings. The molecule has 0 unspecified atom stereocenters. The molecule has 168 valence electrons. The summed E-state index contributed by atoms with van der Waals surface area (Å²) in [6.45, 7) is 6.14. The van der Waals surface area contributed by atoms with Crippen LogP contribution in [0.2, 0.25) is 0 Å². The van der Waals surface area contributed by atoms with Crippen molar-refractivity contribution in [2.75, 3.05) is 43.1 Å². The fourth-order valence-electron chi connectivity index (χ4n) is 4.61. The minimum Gasteiger partial charge on any atom is -0.378 e. The van der Waals surface area contributed by atoms with Crippen molar-refractivity contribution in [2.24, 2.45) is 0 Å². The number of pyridine rings is 2. The minimum atomic E-state index is 0.532. The molecule has 1 aromatic carbocycles. The van der Waals surface area contributed by atoms with Gasteiger partial charge in [0.25, 0.3) is 0 Å². The van der Waals surface area contributed by atoms with E-state index in [1.165, 1.54) is 11.1 Å². The first kappa shape index (κ1) is 21.4. The van der Waals surface area contributed by atoms with Gasteiger partial charge in [-0.25, -0.2) is 4.98 Å². The Morgan fingerprint density at radius 1 is 1.00 bits per heavy atom. The average Bonchev–Trinajstić information content (AvgIpc) is 2.88. The first-order valence-electron chi connectivity index (χ1n) is 11.5. The number of rotatable bonds is 6. The zero-order chi connectivity index (χ0) is 22.5. The van der Waals surface area contributed by atoms with Gasteiger partial charge in [-0.05, 0) is 29.7 Å². The molecule has 1 fully saturated rings. The summed E-state index contributed by atoms with van der Waals surface area (Å²) in [6.07, 6.45) is 2.62. The minimum absolute atomic E-state index is 0.532. The molecular weight excluding hydrogens is 412 g/mol. The lowest BCUT2D eigenvalue weighted by molar-refractivity contribution is 0.122. The largest absolute Gasteiger partial charge is 0.378 e. The van der Waals surface area contributed by atoms with E-state index in [4.69, 9.17) is 9.72 Å². The van der Waals surface area contributed by atoms with Crippen LogP contribution in [0.3, 0.4) is 0 Å². The van der Waals surface area contributed by atoms with Gasteiger partial charge in [0, 0.05) is 44.5 Å². The Labute approximate surface area is 194 Å². The van der Waals surface area contributed by atoms with Gasteiger partial charge in [0.05, 0.1) is 31.0 Å². The monoisotopic (exact) mass is 440 g/mol. The van der Waals surface area contributed by atoms with Crippen molar-refractivity contribution in [3.05, 3.63) is 82.7 Å². The molecule has 1 saturated heterocycles. The van der Waals surface area contributed by atoms with Gasteiger partial charge in [-0.1, -0.05) is 36.4 Å². The number of anilines is 2. The van der Waals surface area contributed by atoms with E-state index in [2.05, 4.69) is 50.4 Å². The second-order valence-corrected chi connectivity index (χ2v) is 8.45. The van der Waals surface area contributed by atoms with Gasteiger partial charge in [0.1, 0.15) is 17.7 Å². The molecule has 0 radical (unpaired) electrons. The van der Waals surface area contributed by atoms with E-state index >= 15 is 0 Å². The SMILES string of the molecule is N#Cc1c(NCc2ccccn2)nc(N2CCOCC2)c2c1CCN(Cc1ccccc1)C2. The van der Waals surface area contributed by atoms with Crippen LogP contribution in [0.1, 0.15) is 27.9 Å². The molecule has 4 heterocycles. The summed E-state index contributed by atoms with van der Waals surface area (Å²) in [6, 6.07) is 18.8. The van der Waals surface area contributed by atoms with Crippen LogP contribution >= 0.6 is 0 Å². The van der Waals surface area contributed by atoms with Gasteiger partial charge in [0.15, 0.2) is 0 Å². The number of nitriles is 1. The highest BCUT2D eigenvalue weighted by Crippen LogP contribution is 2.34. The van der Waals surface area contributed by atoms with Crippen LogP contribution in [0.15, 0.2) is 54.7 Å². The van der Waals surface area contributed by atoms with Crippen molar-refractivity contribution < 1.29 is 4.74 Å². The first-order chi connectivity index (χ1) is 16.3. The molecule has 3 aromatic rings. The van der Waals surface area contributed by atoms with Gasteiger partial charge >= 0.3 is 0 Å². The Balaban J connectivity index is 1.48. The van der Waals surface area contributed by atoms with Crippen molar-refractivity contribution in [3.63, 3.8) is 0 Å². The summed E-state index contributed by atoms with van der Waals surface area (Å²) in [7, 11) is 0. The molecule has 0 saturated carbocycles. The van der Waals surface area contributed by atoms with Crippen LogP contribution in [-0.2, 0) is 30.8 Å². The van der Waals surface area contributed by atoms with Crippen LogP contribution in [0, 0.1) is 11.3 Å². The van der Waals surface area contributed by atoms with Crippen LogP contribution in [0.25, 0.3) is 0 Å². The maximum atomic E-state index is 10.1. The van der Waals surface area contributed by atoms with E-state index < -0.39 is 0 Å². The van der Waals surface area contributed by atoms with Crippen LogP contribution in [0.4, 0.5) is 11.6 Å². The molecule has 0 aliphatic carbocycles. The van der Waals surface area contributed by atoms with Gasteiger partial charge in [-0.2, -0.15) is 5.26 Å². The summed E-state index contributed by atoms with van der Waals surface area (Å²) in [5.74, 6) is 1.63. The number of fused-ring (bicyclic) bond motifs is 1. The number of hydrogen-bond acceptors (Lipinski definition) is 7. The molecule has 0 spiro atoms. The fraction of sp³-hybridized carbons (Fsp3) is 0.346. The number of nitrogens with zero attached hydrogens (tertiary/aromatic N) is 5. The van der Waals surface area contributed by atoms with E-state index in [0.717, 1.165) is 56.2 Å². The third kappa shape index (κ3) is 4.82. The number of ether oxygens (including phenoxy) is 1. The zero-order valence-electron chi connectivity index (χ0n) is 18.7. The summed E-state index contributed by atoms with van der Waals surface area (Å²) >= 11 is 0. The normalized spacial score (nSPS) is 16.2. The summed E-state index contributed by atoms with van der Waals surface area (Å²) in [5.41, 5.74) is 5.19. The number of benzene rings is 1. The highest BCUT2D eigenvalue weighted by atomic mass is 16.5. The maximum absolute atomic E-state index is 10.1. The zero-order valence-corrected chi connectivity index (χ0v) is 18.7. The molecule has 0 amide bonds. The van der Waals surface area contributed by atoms with Crippen molar-refractivity contribution in [3.8, 4) is 6.07 Å². The van der Waals surface area contributed by atoms with Crippen molar-refractivity contribution in [1.29, 1.82) is 5.26 Å². The van der Waals surface area contributed by atoms with Crippen LogP contribution in [-0.4, -0.2) is 47.7 Å². The predicted octanol–water partition coefficient (Wildman–Crippen LogP) is 3.36. The Bertz CT molecular complexity index is 1120. The average molecular weight is 441 g/mol. The molecule has 2 aromatic heterocycles. The molecule has 1 N–H and O–H groups in total. The van der Waals surface area contributed by atoms with Gasteiger partial charge < -0.3 is 15.0 Å². The Hall–Kier alpha value is -3.47. The van der Waals surface area contributed by atoms with Crippen molar-refractivity contribution in [2.45, 2.75) is 26.1 Å². The lowest BCUT2D eigenvalue weighted by atomic mass is 9.94. The van der Waals surface area contributed by atoms with E-state index in [1.807, 2.05) is 24.3 Å².